The van der Waals surface area contributed by atoms with E-state index in [1.54, 1.807) is 0 Å². The lowest BCUT2D eigenvalue weighted by atomic mass is 10.2. The molecular weight excluding hydrogens is 222 g/mol. The third kappa shape index (κ3) is 4.86. The summed E-state index contributed by atoms with van der Waals surface area (Å²) in [5, 5.41) is 3.93. The van der Waals surface area contributed by atoms with Crippen LogP contribution in [0.2, 0.25) is 5.02 Å². The average Bonchev–Trinajstić information content (AvgIpc) is 2.28. The zero-order valence-electron chi connectivity index (χ0n) is 10.1. The van der Waals surface area contributed by atoms with Crippen molar-refractivity contribution in [2.24, 2.45) is 0 Å². The fourth-order valence-electron chi connectivity index (χ4n) is 1.48. The number of hydrogen-bond acceptors (Lipinski definition) is 2. The van der Waals surface area contributed by atoms with Gasteiger partial charge in [0.1, 0.15) is 5.75 Å². The molecule has 1 aromatic carbocycles. The molecule has 1 rings (SSSR count). The van der Waals surface area contributed by atoms with Crippen molar-refractivity contribution in [1.29, 1.82) is 0 Å². The van der Waals surface area contributed by atoms with Crippen molar-refractivity contribution in [2.75, 3.05) is 20.2 Å². The largest absolute Gasteiger partial charge is 0.494 e. The van der Waals surface area contributed by atoms with Crippen LogP contribution in [0.3, 0.4) is 0 Å². The molecule has 0 fully saturated rings. The van der Waals surface area contributed by atoms with Gasteiger partial charge in [0, 0.05) is 5.02 Å². The van der Waals surface area contributed by atoms with E-state index < -0.39 is 0 Å². The third-order valence-corrected chi connectivity index (χ3v) is 2.89. The molecule has 0 amide bonds. The molecule has 3 heteroatoms. The Morgan fingerprint density at radius 1 is 1.25 bits per heavy atom. The van der Waals surface area contributed by atoms with Crippen LogP contribution in [0.1, 0.15) is 24.8 Å². The van der Waals surface area contributed by atoms with Crippen LogP contribution in [0.25, 0.3) is 0 Å². The molecule has 1 N–H and O–H groups in total. The molecule has 0 aliphatic carbocycles. The van der Waals surface area contributed by atoms with Gasteiger partial charge in [0.25, 0.3) is 0 Å². The van der Waals surface area contributed by atoms with E-state index in [9.17, 15) is 0 Å². The molecule has 90 valence electrons. The molecule has 0 aromatic heterocycles. The minimum atomic E-state index is 0.783. The molecule has 1 aromatic rings. The highest BCUT2D eigenvalue weighted by Crippen LogP contribution is 2.21. The molecule has 0 atom stereocenters. The normalized spacial score (nSPS) is 10.4. The van der Waals surface area contributed by atoms with Crippen LogP contribution < -0.4 is 10.1 Å². The SMILES string of the molecule is CNCCCCCOc1ccc(Cl)c(C)c1. The van der Waals surface area contributed by atoms with E-state index in [-0.39, 0.29) is 0 Å². The molecule has 0 aliphatic rings. The van der Waals surface area contributed by atoms with Gasteiger partial charge in [-0.15, -0.1) is 0 Å². The molecule has 0 spiro atoms. The van der Waals surface area contributed by atoms with Crippen LogP contribution in [-0.4, -0.2) is 20.2 Å². The topological polar surface area (TPSA) is 21.3 Å². The molecule has 16 heavy (non-hydrogen) atoms. The fourth-order valence-corrected chi connectivity index (χ4v) is 1.60. The van der Waals surface area contributed by atoms with Gasteiger partial charge in [-0.1, -0.05) is 11.6 Å². The molecule has 0 heterocycles. The lowest BCUT2D eigenvalue weighted by Gasteiger charge is -2.07. The summed E-state index contributed by atoms with van der Waals surface area (Å²) in [6.07, 6.45) is 3.51. The Hall–Kier alpha value is -0.730. The maximum atomic E-state index is 5.94. The summed E-state index contributed by atoms with van der Waals surface area (Å²) in [6.45, 7) is 3.85. The number of aryl methyl sites for hydroxylation is 1. The second-order valence-electron chi connectivity index (χ2n) is 3.92. The zero-order chi connectivity index (χ0) is 11.8. The van der Waals surface area contributed by atoms with E-state index in [0.717, 1.165) is 35.9 Å². The van der Waals surface area contributed by atoms with Crippen LogP contribution in [0, 0.1) is 6.92 Å². The summed E-state index contributed by atoms with van der Waals surface area (Å²) in [7, 11) is 1.98. The monoisotopic (exact) mass is 241 g/mol. The van der Waals surface area contributed by atoms with Gasteiger partial charge in [0.15, 0.2) is 0 Å². The van der Waals surface area contributed by atoms with Gasteiger partial charge >= 0.3 is 0 Å². The van der Waals surface area contributed by atoms with Crippen LogP contribution in [0.5, 0.6) is 5.75 Å². The minimum Gasteiger partial charge on any atom is -0.494 e. The van der Waals surface area contributed by atoms with Crippen LogP contribution >= 0.6 is 11.6 Å². The lowest BCUT2D eigenvalue weighted by molar-refractivity contribution is 0.305. The van der Waals surface area contributed by atoms with E-state index >= 15 is 0 Å². The van der Waals surface area contributed by atoms with E-state index in [1.807, 2.05) is 32.2 Å². The first-order chi connectivity index (χ1) is 7.74. The van der Waals surface area contributed by atoms with Gasteiger partial charge in [-0.2, -0.15) is 0 Å². The van der Waals surface area contributed by atoms with E-state index in [1.165, 1.54) is 12.8 Å². The molecule has 0 unspecified atom stereocenters. The number of rotatable bonds is 7. The number of ether oxygens (including phenoxy) is 1. The Morgan fingerprint density at radius 3 is 2.75 bits per heavy atom. The number of benzene rings is 1. The van der Waals surface area contributed by atoms with Crippen molar-refractivity contribution < 1.29 is 4.74 Å². The Labute approximate surface area is 103 Å². The maximum Gasteiger partial charge on any atom is 0.119 e. The quantitative estimate of drug-likeness (QED) is 0.739. The van der Waals surface area contributed by atoms with E-state index in [4.69, 9.17) is 16.3 Å². The van der Waals surface area contributed by atoms with Gasteiger partial charge in [0.05, 0.1) is 6.61 Å². The van der Waals surface area contributed by atoms with Crippen molar-refractivity contribution in [3.05, 3.63) is 28.8 Å². The van der Waals surface area contributed by atoms with Crippen molar-refractivity contribution in [2.45, 2.75) is 26.2 Å². The smallest absolute Gasteiger partial charge is 0.119 e. The van der Waals surface area contributed by atoms with Gasteiger partial charge in [-0.05, 0) is 63.5 Å². The van der Waals surface area contributed by atoms with Crippen molar-refractivity contribution in [3.63, 3.8) is 0 Å². The fraction of sp³-hybridized carbons (Fsp3) is 0.538. The first kappa shape index (κ1) is 13.3. The highest BCUT2D eigenvalue weighted by atomic mass is 35.5. The van der Waals surface area contributed by atoms with Gasteiger partial charge in [-0.3, -0.25) is 0 Å². The predicted molar refractivity (Wildman–Crippen MR) is 69.5 cm³/mol. The minimum absolute atomic E-state index is 0.783. The second-order valence-corrected chi connectivity index (χ2v) is 4.33. The van der Waals surface area contributed by atoms with Crippen molar-refractivity contribution in [3.8, 4) is 5.75 Å². The molecule has 2 nitrogen and oxygen atoms in total. The van der Waals surface area contributed by atoms with Crippen molar-refractivity contribution >= 4 is 11.6 Å². The van der Waals surface area contributed by atoms with Gasteiger partial charge < -0.3 is 10.1 Å². The summed E-state index contributed by atoms with van der Waals surface area (Å²) >= 11 is 5.94. The van der Waals surface area contributed by atoms with Gasteiger partial charge in [0.2, 0.25) is 0 Å². The molecule has 0 aliphatic heterocycles. The standard InChI is InChI=1S/C13H20ClNO/c1-11-10-12(6-7-13(11)14)16-9-5-3-4-8-15-2/h6-7,10,15H,3-5,8-9H2,1-2H3. The Bertz CT molecular complexity index is 315. The maximum absolute atomic E-state index is 5.94. The first-order valence-corrected chi connectivity index (χ1v) is 6.15. The predicted octanol–water partition coefficient (Wildman–Crippen LogP) is 3.42. The summed E-state index contributed by atoms with van der Waals surface area (Å²) < 4.78 is 5.64. The molecule has 0 saturated heterocycles. The van der Waals surface area contributed by atoms with Crippen molar-refractivity contribution in [1.82, 2.24) is 5.32 Å². The highest BCUT2D eigenvalue weighted by Gasteiger charge is 1.98. The highest BCUT2D eigenvalue weighted by molar-refractivity contribution is 6.31. The zero-order valence-corrected chi connectivity index (χ0v) is 10.8. The third-order valence-electron chi connectivity index (χ3n) is 2.47. The first-order valence-electron chi connectivity index (χ1n) is 5.77. The average molecular weight is 242 g/mol. The Balaban J connectivity index is 2.19. The second kappa shape index (κ2) is 7.53. The molecular formula is C13H20ClNO. The molecule has 0 saturated carbocycles. The van der Waals surface area contributed by atoms with Crippen LogP contribution in [-0.2, 0) is 0 Å². The number of nitrogens with one attached hydrogen (secondary N) is 1. The summed E-state index contributed by atoms with van der Waals surface area (Å²) in [5.74, 6) is 0.913. The van der Waals surface area contributed by atoms with E-state index in [2.05, 4.69) is 5.32 Å². The van der Waals surface area contributed by atoms with E-state index in [0.29, 0.717) is 0 Å². The Morgan fingerprint density at radius 2 is 2.06 bits per heavy atom. The summed E-state index contributed by atoms with van der Waals surface area (Å²) in [5.41, 5.74) is 1.06. The summed E-state index contributed by atoms with van der Waals surface area (Å²) in [6, 6.07) is 5.78. The number of unbranched alkanes of at least 4 members (excludes halogenated alkanes) is 2. The number of hydrogen-bond donors (Lipinski definition) is 1. The lowest BCUT2D eigenvalue weighted by Crippen LogP contribution is -2.07. The van der Waals surface area contributed by atoms with Gasteiger partial charge in [-0.25, -0.2) is 0 Å². The number of halogens is 1. The summed E-state index contributed by atoms with van der Waals surface area (Å²) in [4.78, 5) is 0. The molecule has 0 bridgehead atoms. The van der Waals surface area contributed by atoms with Crippen LogP contribution in [0.15, 0.2) is 18.2 Å². The molecule has 0 radical (unpaired) electrons. The van der Waals surface area contributed by atoms with Crippen LogP contribution in [0.4, 0.5) is 0 Å². The Kier molecular flexibility index (Phi) is 6.27.